The number of carbonyl (C=O) groups is 2. The average molecular weight is 231 g/mol. The van der Waals surface area contributed by atoms with Crippen molar-refractivity contribution in [1.82, 2.24) is 5.32 Å². The van der Waals surface area contributed by atoms with Crippen molar-refractivity contribution in [3.05, 3.63) is 41.5 Å². The Morgan fingerprint density at radius 2 is 2.00 bits per heavy atom. The summed E-state index contributed by atoms with van der Waals surface area (Å²) in [6.07, 6.45) is 0.131. The molecule has 1 aliphatic heterocycles. The predicted octanol–water partition coefficient (Wildman–Crippen LogP) is 1.13. The molecule has 1 fully saturated rings. The predicted molar refractivity (Wildman–Crippen MR) is 63.0 cm³/mol. The number of rotatable bonds is 3. The van der Waals surface area contributed by atoms with E-state index in [0.717, 1.165) is 11.1 Å². The molecule has 2 rings (SSSR count). The van der Waals surface area contributed by atoms with Crippen LogP contribution in [-0.2, 0) is 14.3 Å². The molecule has 0 aromatic heterocycles. The summed E-state index contributed by atoms with van der Waals surface area (Å²) < 4.78 is 5.11. The number of nitrogens with one attached hydrogen (secondary N) is 1. The van der Waals surface area contributed by atoms with E-state index in [4.69, 9.17) is 4.74 Å². The van der Waals surface area contributed by atoms with Crippen LogP contribution in [-0.4, -0.2) is 25.5 Å². The zero-order chi connectivity index (χ0) is 12.3. The molecule has 1 heterocycles. The molecular weight excluding hydrogens is 218 g/mol. The molecule has 1 aliphatic rings. The summed E-state index contributed by atoms with van der Waals surface area (Å²) in [6, 6.07) is 9.48. The molecule has 1 aromatic carbocycles. The Morgan fingerprint density at radius 3 is 2.53 bits per heavy atom. The maximum absolute atomic E-state index is 11.6. The molecule has 4 heteroatoms. The first-order valence-electron chi connectivity index (χ1n) is 5.33. The molecule has 1 N–H and O–H groups in total. The van der Waals surface area contributed by atoms with Crippen LogP contribution in [0.2, 0.25) is 0 Å². The van der Waals surface area contributed by atoms with Crippen molar-refractivity contribution in [2.24, 2.45) is 0 Å². The van der Waals surface area contributed by atoms with Crippen LogP contribution in [0.25, 0.3) is 5.57 Å². The van der Waals surface area contributed by atoms with Gasteiger partial charge in [0.05, 0.1) is 13.0 Å². The molecule has 0 unspecified atom stereocenters. The van der Waals surface area contributed by atoms with Crippen LogP contribution in [0.3, 0.4) is 0 Å². The zero-order valence-corrected chi connectivity index (χ0v) is 9.53. The molecule has 0 radical (unpaired) electrons. The molecule has 0 aliphatic carbocycles. The third-order valence-corrected chi connectivity index (χ3v) is 2.64. The Labute approximate surface area is 99.3 Å². The Hall–Kier alpha value is -1.94. The van der Waals surface area contributed by atoms with E-state index < -0.39 is 0 Å². The number of methoxy groups -OCH3 is 1. The van der Waals surface area contributed by atoms with Crippen molar-refractivity contribution in [2.75, 3.05) is 13.7 Å². The Balaban J connectivity index is 2.45. The number of imide groups is 1. The van der Waals surface area contributed by atoms with Crippen molar-refractivity contribution in [2.45, 2.75) is 6.42 Å². The summed E-state index contributed by atoms with van der Waals surface area (Å²) in [5, 5.41) is 2.28. The van der Waals surface area contributed by atoms with E-state index in [1.807, 2.05) is 30.3 Å². The lowest BCUT2D eigenvalue weighted by atomic mass is 9.99. The van der Waals surface area contributed by atoms with Gasteiger partial charge in [-0.3, -0.25) is 14.9 Å². The minimum absolute atomic E-state index is 0.131. The first-order chi connectivity index (χ1) is 8.22. The fraction of sp³-hybridized carbons (Fsp3) is 0.231. The fourth-order valence-corrected chi connectivity index (χ4v) is 1.86. The van der Waals surface area contributed by atoms with Gasteiger partial charge in [0.1, 0.15) is 0 Å². The molecule has 0 bridgehead atoms. The van der Waals surface area contributed by atoms with Gasteiger partial charge in [0.15, 0.2) is 0 Å². The minimum Gasteiger partial charge on any atom is -0.380 e. The summed E-state index contributed by atoms with van der Waals surface area (Å²) in [5.74, 6) is -0.569. The highest BCUT2D eigenvalue weighted by molar-refractivity contribution is 6.17. The van der Waals surface area contributed by atoms with Gasteiger partial charge in [-0.1, -0.05) is 30.3 Å². The molecule has 0 atom stereocenters. The molecule has 4 nitrogen and oxygen atoms in total. The third kappa shape index (κ3) is 2.42. The number of amides is 2. The molecule has 2 amide bonds. The van der Waals surface area contributed by atoms with E-state index in [2.05, 4.69) is 5.32 Å². The first-order valence-corrected chi connectivity index (χ1v) is 5.33. The topological polar surface area (TPSA) is 55.4 Å². The van der Waals surface area contributed by atoms with Crippen molar-refractivity contribution in [3.63, 3.8) is 0 Å². The lowest BCUT2D eigenvalue weighted by Crippen LogP contribution is -2.20. The first kappa shape index (κ1) is 11.5. The van der Waals surface area contributed by atoms with Gasteiger partial charge in [-0.15, -0.1) is 0 Å². The summed E-state index contributed by atoms with van der Waals surface area (Å²) in [6.45, 7) is 0.319. The van der Waals surface area contributed by atoms with E-state index >= 15 is 0 Å². The van der Waals surface area contributed by atoms with Crippen molar-refractivity contribution in [1.29, 1.82) is 0 Å². The monoisotopic (exact) mass is 231 g/mol. The van der Waals surface area contributed by atoms with Gasteiger partial charge in [0.2, 0.25) is 5.91 Å². The minimum atomic E-state index is -0.314. The molecule has 1 saturated heterocycles. The van der Waals surface area contributed by atoms with Crippen LogP contribution in [0.4, 0.5) is 0 Å². The highest BCUT2D eigenvalue weighted by Gasteiger charge is 2.27. The van der Waals surface area contributed by atoms with Crippen molar-refractivity contribution < 1.29 is 14.3 Å². The Morgan fingerprint density at radius 1 is 1.29 bits per heavy atom. The van der Waals surface area contributed by atoms with Gasteiger partial charge in [-0.2, -0.15) is 0 Å². The highest BCUT2D eigenvalue weighted by Crippen LogP contribution is 2.24. The largest absolute Gasteiger partial charge is 0.380 e. The van der Waals surface area contributed by atoms with Crippen LogP contribution < -0.4 is 5.32 Å². The van der Waals surface area contributed by atoms with E-state index in [-0.39, 0.29) is 18.2 Å². The highest BCUT2D eigenvalue weighted by atomic mass is 16.5. The van der Waals surface area contributed by atoms with Crippen LogP contribution in [0.15, 0.2) is 35.9 Å². The number of hydrogen-bond acceptors (Lipinski definition) is 3. The van der Waals surface area contributed by atoms with Gasteiger partial charge in [0.25, 0.3) is 5.91 Å². The van der Waals surface area contributed by atoms with E-state index in [1.54, 1.807) is 7.11 Å². The molecule has 1 aromatic rings. The van der Waals surface area contributed by atoms with Gasteiger partial charge in [-0.25, -0.2) is 0 Å². The van der Waals surface area contributed by atoms with Crippen LogP contribution in [0.1, 0.15) is 12.0 Å². The van der Waals surface area contributed by atoms with Gasteiger partial charge >= 0.3 is 0 Å². The number of carbonyl (C=O) groups excluding carboxylic acids is 2. The van der Waals surface area contributed by atoms with E-state index in [0.29, 0.717) is 12.2 Å². The SMILES string of the molecule is COC/C(=C1/CC(=O)NC1=O)c1ccccc1. The van der Waals surface area contributed by atoms with Crippen molar-refractivity contribution in [3.8, 4) is 0 Å². The van der Waals surface area contributed by atoms with Crippen molar-refractivity contribution >= 4 is 17.4 Å². The van der Waals surface area contributed by atoms with Gasteiger partial charge < -0.3 is 4.74 Å². The maximum Gasteiger partial charge on any atom is 0.254 e. The maximum atomic E-state index is 11.6. The fourth-order valence-electron chi connectivity index (χ4n) is 1.86. The molecule has 17 heavy (non-hydrogen) atoms. The van der Waals surface area contributed by atoms with Gasteiger partial charge in [-0.05, 0) is 11.1 Å². The van der Waals surface area contributed by atoms with Crippen LogP contribution >= 0.6 is 0 Å². The molecular formula is C13H13NO3. The summed E-state index contributed by atoms with van der Waals surface area (Å²) >= 11 is 0. The lowest BCUT2D eigenvalue weighted by molar-refractivity contribution is -0.124. The second kappa shape index (κ2) is 4.93. The standard InChI is InChI=1S/C13H13NO3/c1-17-8-11(9-5-3-2-4-6-9)10-7-12(15)14-13(10)16/h2-6H,7-8H2,1H3,(H,14,15,16)/b11-10+. The lowest BCUT2D eigenvalue weighted by Gasteiger charge is -2.09. The van der Waals surface area contributed by atoms with E-state index in [1.165, 1.54) is 0 Å². The quantitative estimate of drug-likeness (QED) is 0.626. The van der Waals surface area contributed by atoms with Crippen LogP contribution in [0.5, 0.6) is 0 Å². The Kier molecular flexibility index (Phi) is 3.35. The second-order valence-corrected chi connectivity index (χ2v) is 3.81. The average Bonchev–Trinajstić information content (AvgIpc) is 2.66. The summed E-state index contributed by atoms with van der Waals surface area (Å²) in [5.41, 5.74) is 2.19. The summed E-state index contributed by atoms with van der Waals surface area (Å²) in [7, 11) is 1.57. The normalized spacial score (nSPS) is 18.2. The number of benzene rings is 1. The molecule has 88 valence electrons. The third-order valence-electron chi connectivity index (χ3n) is 2.64. The number of hydrogen-bond donors (Lipinski definition) is 1. The molecule has 0 spiro atoms. The van der Waals surface area contributed by atoms with E-state index in [9.17, 15) is 9.59 Å². The number of ether oxygens (including phenoxy) is 1. The summed E-state index contributed by atoms with van der Waals surface area (Å²) in [4.78, 5) is 22.8. The smallest absolute Gasteiger partial charge is 0.254 e. The Bertz CT molecular complexity index is 477. The van der Waals surface area contributed by atoms with Gasteiger partial charge in [0, 0.05) is 12.7 Å². The van der Waals surface area contributed by atoms with Crippen LogP contribution in [0, 0.1) is 0 Å². The molecule has 0 saturated carbocycles. The zero-order valence-electron chi connectivity index (χ0n) is 9.53. The second-order valence-electron chi connectivity index (χ2n) is 3.81.